The molecule has 310 valence electrons. The first-order valence-corrected chi connectivity index (χ1v) is 22.1. The maximum Gasteiger partial charge on any atom is 0.262 e. The first kappa shape index (κ1) is 44.1. The van der Waals surface area contributed by atoms with Crippen LogP contribution in [-0.2, 0) is 34.8 Å². The number of halogens is 2. The van der Waals surface area contributed by atoms with Gasteiger partial charge in [0.2, 0.25) is 23.6 Å². The normalized spacial score (nSPS) is 22.7. The van der Waals surface area contributed by atoms with Crippen LogP contribution in [0.2, 0.25) is 5.04 Å². The Labute approximate surface area is 341 Å². The summed E-state index contributed by atoms with van der Waals surface area (Å²) in [5.41, 5.74) is -1.19. The van der Waals surface area contributed by atoms with E-state index in [1.807, 2.05) is 36.4 Å². The molecule has 2 heterocycles. The fourth-order valence-electron chi connectivity index (χ4n) is 7.91. The maximum atomic E-state index is 14.1. The highest BCUT2D eigenvalue weighted by Gasteiger charge is 2.51. The van der Waals surface area contributed by atoms with Crippen molar-refractivity contribution in [2.75, 3.05) is 6.54 Å². The molecule has 0 bridgehead atoms. The molecule has 0 radical (unpaired) electrons. The van der Waals surface area contributed by atoms with E-state index in [0.29, 0.717) is 25.7 Å². The third kappa shape index (κ3) is 9.81. The fraction of sp³-hybridized carbons (Fsp3) is 0.444. The van der Waals surface area contributed by atoms with Gasteiger partial charge >= 0.3 is 0 Å². The predicted octanol–water partition coefficient (Wildman–Crippen LogP) is 5.03. The van der Waals surface area contributed by atoms with Crippen LogP contribution in [0.25, 0.3) is 0 Å². The van der Waals surface area contributed by atoms with Crippen LogP contribution in [0.15, 0.2) is 91.0 Å². The molecule has 5 rings (SSSR count). The summed E-state index contributed by atoms with van der Waals surface area (Å²) in [6, 6.07) is 20.3. The van der Waals surface area contributed by atoms with Gasteiger partial charge in [0.1, 0.15) is 29.8 Å². The van der Waals surface area contributed by atoms with Crippen LogP contribution in [0, 0.1) is 11.6 Å². The largest absolute Gasteiger partial charge is 0.397 e. The highest BCUT2D eigenvalue weighted by atomic mass is 28.4. The Morgan fingerprint density at radius 1 is 0.931 bits per heavy atom. The van der Waals surface area contributed by atoms with Gasteiger partial charge in [-0.15, -0.1) is 0 Å². The Hall–Kier alpha value is -5.01. The van der Waals surface area contributed by atoms with Gasteiger partial charge < -0.3 is 25.3 Å². The van der Waals surface area contributed by atoms with E-state index < -0.39 is 73.3 Å². The van der Waals surface area contributed by atoms with E-state index in [9.17, 15) is 32.8 Å². The number of amides is 4. The summed E-state index contributed by atoms with van der Waals surface area (Å²) < 4.78 is 34.7. The van der Waals surface area contributed by atoms with Crippen LogP contribution >= 0.6 is 0 Å². The maximum absolute atomic E-state index is 14.1. The predicted molar refractivity (Wildman–Crippen MR) is 222 cm³/mol. The number of unbranched alkanes of at least 4 members (excludes halogenated alkanes) is 1. The number of rotatable bonds is 13. The van der Waals surface area contributed by atoms with Gasteiger partial charge in [-0.05, 0) is 91.6 Å². The van der Waals surface area contributed by atoms with Crippen molar-refractivity contribution in [3.63, 3.8) is 0 Å². The van der Waals surface area contributed by atoms with Crippen LogP contribution < -0.4 is 26.3 Å². The summed E-state index contributed by atoms with van der Waals surface area (Å²) in [5.74, 6) is -4.53. The van der Waals surface area contributed by atoms with Crippen LogP contribution in [0.5, 0.6) is 0 Å². The molecule has 0 saturated carbocycles. The number of hydrogen-bond donors (Lipinski definition) is 3. The van der Waals surface area contributed by atoms with E-state index in [4.69, 9.17) is 4.43 Å². The number of carbonyl (C=O) groups is 5. The second-order valence-corrected chi connectivity index (χ2v) is 20.8. The molecule has 0 aromatic heterocycles. The Morgan fingerprint density at radius 3 is 2.16 bits per heavy atom. The number of nitrogens with one attached hydrogen (secondary N) is 3. The van der Waals surface area contributed by atoms with Crippen LogP contribution in [-0.4, -0.2) is 78.9 Å². The molecule has 2 aliphatic rings. The summed E-state index contributed by atoms with van der Waals surface area (Å²) in [6.07, 6.45) is 4.44. The quantitative estimate of drug-likeness (QED) is 0.126. The fourth-order valence-corrected chi connectivity index (χ4v) is 12.6. The standard InChI is InChI=1S/C45H56F2N4O6Si/c1-7-45(6)43(56)49-37(29-31-25-26-34(46)35(47)28-31)42(55)51-27-17-23-38(51)41(54)48-36(40(53)50-45)22-15-10-16-24-39(52)30(2)57-58(44(3,4)5,32-18-11-8-12-19-32)33-20-13-9-14-21-33/h8-9,11-14,16,18-21,24-26,28,30,36-38H,7,10,15,17,22-23,27,29H2,1-6H3,(H,48,54)(H,49,56)(H,50,53)/b24-16+/t30-,36-,37-,38+,45-/m0/s1. The molecule has 13 heteroatoms. The molecule has 3 aromatic carbocycles. The number of carbonyl (C=O) groups excluding carboxylic acids is 5. The topological polar surface area (TPSA) is 134 Å². The Kier molecular flexibility index (Phi) is 14.2. The Balaban J connectivity index is 1.29. The van der Waals surface area contributed by atoms with E-state index in [-0.39, 0.29) is 42.2 Å². The van der Waals surface area contributed by atoms with Crippen molar-refractivity contribution < 1.29 is 37.2 Å². The average Bonchev–Trinajstić information content (AvgIpc) is 3.70. The lowest BCUT2D eigenvalue weighted by molar-refractivity contribution is -0.144. The van der Waals surface area contributed by atoms with Crippen LogP contribution in [0.3, 0.4) is 0 Å². The zero-order valence-electron chi connectivity index (χ0n) is 34.3. The van der Waals surface area contributed by atoms with Gasteiger partial charge in [-0.1, -0.05) is 101 Å². The molecule has 5 atom stereocenters. The lowest BCUT2D eigenvalue weighted by Gasteiger charge is -2.44. The minimum absolute atomic E-state index is 0.149. The lowest BCUT2D eigenvalue weighted by Crippen LogP contribution is -2.68. The second kappa shape index (κ2) is 18.7. The summed E-state index contributed by atoms with van der Waals surface area (Å²) in [5, 5.41) is 10.2. The molecule has 58 heavy (non-hydrogen) atoms. The highest BCUT2D eigenvalue weighted by Crippen LogP contribution is 2.37. The molecule has 4 amide bonds. The molecule has 0 aliphatic carbocycles. The molecule has 0 spiro atoms. The van der Waals surface area contributed by atoms with Crippen molar-refractivity contribution in [2.24, 2.45) is 0 Å². The number of ketones is 1. The van der Waals surface area contributed by atoms with Crippen molar-refractivity contribution in [3.05, 3.63) is 108 Å². The first-order valence-electron chi connectivity index (χ1n) is 20.2. The smallest absolute Gasteiger partial charge is 0.262 e. The number of allylic oxidation sites excluding steroid dienone is 1. The monoisotopic (exact) mass is 814 g/mol. The van der Waals surface area contributed by atoms with Gasteiger partial charge in [0.25, 0.3) is 8.32 Å². The highest BCUT2D eigenvalue weighted by molar-refractivity contribution is 6.99. The third-order valence-electron chi connectivity index (χ3n) is 11.4. The number of hydrogen-bond acceptors (Lipinski definition) is 6. The van der Waals surface area contributed by atoms with Crippen LogP contribution in [0.4, 0.5) is 8.78 Å². The van der Waals surface area contributed by atoms with Gasteiger partial charge in [-0.25, -0.2) is 8.78 Å². The minimum Gasteiger partial charge on any atom is -0.397 e. The van der Waals surface area contributed by atoms with Crippen molar-refractivity contribution >= 4 is 48.1 Å². The van der Waals surface area contributed by atoms with E-state index in [0.717, 1.165) is 22.5 Å². The second-order valence-electron chi connectivity index (χ2n) is 16.6. The van der Waals surface area contributed by atoms with E-state index in [1.165, 1.54) is 24.0 Å². The third-order valence-corrected chi connectivity index (χ3v) is 16.5. The molecular formula is C45H56F2N4O6Si. The van der Waals surface area contributed by atoms with Gasteiger partial charge in [-0.3, -0.25) is 24.0 Å². The summed E-state index contributed by atoms with van der Waals surface area (Å²) in [4.78, 5) is 70.4. The van der Waals surface area contributed by atoms with Crippen molar-refractivity contribution in [1.82, 2.24) is 20.9 Å². The Morgan fingerprint density at radius 2 is 1.57 bits per heavy atom. The van der Waals surface area contributed by atoms with Gasteiger partial charge in [0, 0.05) is 13.0 Å². The molecule has 2 saturated heterocycles. The number of nitrogens with zero attached hydrogens (tertiary/aromatic N) is 1. The molecule has 3 aromatic rings. The van der Waals surface area contributed by atoms with Gasteiger partial charge in [0.15, 0.2) is 17.4 Å². The van der Waals surface area contributed by atoms with E-state index in [1.54, 1.807) is 19.9 Å². The van der Waals surface area contributed by atoms with Crippen LogP contribution in [0.1, 0.15) is 85.6 Å². The SMILES string of the molecule is CC[C@]1(C)NC(=O)[C@H](CCC/C=C/C(=O)[C@H](C)O[Si](c2ccccc2)(c2ccccc2)C(C)(C)C)NC(=O)[C@H]2CCCN2C(=O)[C@H](Cc2ccc(F)c(F)c2)NC1=O. The van der Waals surface area contributed by atoms with Crippen molar-refractivity contribution in [2.45, 2.75) is 121 Å². The zero-order chi connectivity index (χ0) is 42.3. The number of benzene rings is 3. The zero-order valence-corrected chi connectivity index (χ0v) is 35.3. The molecule has 3 N–H and O–H groups in total. The minimum atomic E-state index is -2.97. The molecule has 0 unspecified atom stereocenters. The summed E-state index contributed by atoms with van der Waals surface area (Å²) >= 11 is 0. The van der Waals surface area contributed by atoms with Crippen molar-refractivity contribution in [1.29, 1.82) is 0 Å². The summed E-state index contributed by atoms with van der Waals surface area (Å²) in [7, 11) is -2.97. The van der Waals surface area contributed by atoms with E-state index in [2.05, 4.69) is 61.0 Å². The molecule has 10 nitrogen and oxygen atoms in total. The van der Waals surface area contributed by atoms with Crippen molar-refractivity contribution in [3.8, 4) is 0 Å². The van der Waals surface area contributed by atoms with Gasteiger partial charge in [-0.2, -0.15) is 0 Å². The average molecular weight is 815 g/mol. The number of fused-ring (bicyclic) bond motifs is 1. The molecular weight excluding hydrogens is 759 g/mol. The molecule has 2 aliphatic heterocycles. The Bertz CT molecular complexity index is 1950. The first-order chi connectivity index (χ1) is 27.5. The molecule has 2 fully saturated rings. The lowest BCUT2D eigenvalue weighted by atomic mass is 9.94. The van der Waals surface area contributed by atoms with E-state index >= 15 is 0 Å². The van der Waals surface area contributed by atoms with Gasteiger partial charge in [0.05, 0.1) is 0 Å². The summed E-state index contributed by atoms with van der Waals surface area (Å²) in [6.45, 7) is 11.7.